The highest BCUT2D eigenvalue weighted by molar-refractivity contribution is 5.21. The van der Waals surface area contributed by atoms with E-state index >= 15 is 0 Å². The summed E-state index contributed by atoms with van der Waals surface area (Å²) in [5, 5.41) is 0. The van der Waals surface area contributed by atoms with Gasteiger partial charge in [-0.25, -0.2) is 4.98 Å². The van der Waals surface area contributed by atoms with E-state index in [0.29, 0.717) is 6.61 Å². The van der Waals surface area contributed by atoms with Gasteiger partial charge in [0.05, 0.1) is 13.2 Å². The van der Waals surface area contributed by atoms with Crippen LogP contribution in [0.1, 0.15) is 17.0 Å². The number of ether oxygens (including phenoxy) is 1. The van der Waals surface area contributed by atoms with Crippen LogP contribution in [0.15, 0.2) is 30.9 Å². The first-order chi connectivity index (χ1) is 9.70. The minimum Gasteiger partial charge on any atom is -0.383 e. The van der Waals surface area contributed by atoms with Crippen molar-refractivity contribution in [2.24, 2.45) is 0 Å². The van der Waals surface area contributed by atoms with Gasteiger partial charge in [-0.05, 0) is 31.2 Å². The maximum Gasteiger partial charge on any atom is 0.122 e. The summed E-state index contributed by atoms with van der Waals surface area (Å²) in [5.41, 5.74) is 2.53. The molecule has 5 nitrogen and oxygen atoms in total. The number of imidazole rings is 1. The Morgan fingerprint density at radius 1 is 1.30 bits per heavy atom. The summed E-state index contributed by atoms with van der Waals surface area (Å²) in [6.45, 7) is 5.35. The highest BCUT2D eigenvalue weighted by Gasteiger charge is 2.08. The standard InChI is InChI=1S/C15H22N4O/c1-13-10-16-5-4-14(13)11-18(2)12-15-17-6-7-19(15)8-9-20-3/h4-7,10H,8-9,11-12H2,1-3H3. The van der Waals surface area contributed by atoms with Crippen LogP contribution < -0.4 is 0 Å². The Bertz CT molecular complexity index is 538. The van der Waals surface area contributed by atoms with Crippen LogP contribution in [0, 0.1) is 6.92 Å². The predicted octanol–water partition coefficient (Wildman–Crippen LogP) is 1.86. The summed E-state index contributed by atoms with van der Waals surface area (Å²) >= 11 is 0. The monoisotopic (exact) mass is 274 g/mol. The zero-order valence-corrected chi connectivity index (χ0v) is 12.4. The molecule has 2 heterocycles. The van der Waals surface area contributed by atoms with Gasteiger partial charge in [-0.3, -0.25) is 9.88 Å². The lowest BCUT2D eigenvalue weighted by Gasteiger charge is -2.18. The lowest BCUT2D eigenvalue weighted by Crippen LogP contribution is -2.21. The number of aryl methyl sites for hydroxylation is 1. The fraction of sp³-hybridized carbons (Fsp3) is 0.467. The van der Waals surface area contributed by atoms with Crippen LogP contribution >= 0.6 is 0 Å². The van der Waals surface area contributed by atoms with Crippen LogP contribution in [-0.2, 0) is 24.4 Å². The normalized spacial score (nSPS) is 11.2. The maximum absolute atomic E-state index is 5.12. The Labute approximate surface area is 120 Å². The average molecular weight is 274 g/mol. The number of hydrogen-bond acceptors (Lipinski definition) is 4. The fourth-order valence-corrected chi connectivity index (χ4v) is 2.15. The Balaban J connectivity index is 1.96. The molecule has 0 radical (unpaired) electrons. The summed E-state index contributed by atoms with van der Waals surface area (Å²) in [6.07, 6.45) is 7.59. The van der Waals surface area contributed by atoms with Crippen molar-refractivity contribution in [3.8, 4) is 0 Å². The highest BCUT2D eigenvalue weighted by Crippen LogP contribution is 2.10. The molecule has 0 atom stereocenters. The van der Waals surface area contributed by atoms with E-state index < -0.39 is 0 Å². The predicted molar refractivity (Wildman–Crippen MR) is 78.2 cm³/mol. The second kappa shape index (κ2) is 7.17. The van der Waals surface area contributed by atoms with Gasteiger partial charge < -0.3 is 9.30 Å². The third kappa shape index (κ3) is 3.88. The van der Waals surface area contributed by atoms with E-state index in [4.69, 9.17) is 4.74 Å². The summed E-state index contributed by atoms with van der Waals surface area (Å²) in [6, 6.07) is 2.07. The zero-order chi connectivity index (χ0) is 14.4. The average Bonchev–Trinajstić information content (AvgIpc) is 2.86. The van der Waals surface area contributed by atoms with Crippen molar-refractivity contribution < 1.29 is 4.74 Å². The number of hydrogen-bond donors (Lipinski definition) is 0. The molecule has 0 aliphatic carbocycles. The number of nitrogens with zero attached hydrogens (tertiary/aromatic N) is 4. The first-order valence-corrected chi connectivity index (χ1v) is 6.77. The molecule has 0 aromatic carbocycles. The van der Waals surface area contributed by atoms with Gasteiger partial charge in [-0.1, -0.05) is 0 Å². The van der Waals surface area contributed by atoms with Crippen LogP contribution in [0.3, 0.4) is 0 Å². The molecular formula is C15H22N4O. The molecule has 108 valence electrons. The third-order valence-electron chi connectivity index (χ3n) is 3.33. The molecule has 0 spiro atoms. The molecule has 2 aromatic rings. The molecule has 5 heteroatoms. The second-order valence-corrected chi connectivity index (χ2v) is 5.00. The molecule has 0 N–H and O–H groups in total. The van der Waals surface area contributed by atoms with Crippen molar-refractivity contribution in [2.45, 2.75) is 26.6 Å². The van der Waals surface area contributed by atoms with Crippen LogP contribution in [0.4, 0.5) is 0 Å². The number of methoxy groups -OCH3 is 1. The minimum atomic E-state index is 0.705. The van der Waals surface area contributed by atoms with E-state index in [1.807, 2.05) is 24.8 Å². The first kappa shape index (κ1) is 14.7. The van der Waals surface area contributed by atoms with Crippen LogP contribution in [0.2, 0.25) is 0 Å². The molecule has 20 heavy (non-hydrogen) atoms. The van der Waals surface area contributed by atoms with E-state index in [1.165, 1.54) is 11.1 Å². The summed E-state index contributed by atoms with van der Waals surface area (Å²) in [7, 11) is 3.82. The van der Waals surface area contributed by atoms with Gasteiger partial charge in [-0.2, -0.15) is 0 Å². The maximum atomic E-state index is 5.12. The van der Waals surface area contributed by atoms with Crippen molar-refractivity contribution in [2.75, 3.05) is 20.8 Å². The van der Waals surface area contributed by atoms with Crippen LogP contribution in [0.25, 0.3) is 0 Å². The van der Waals surface area contributed by atoms with Crippen molar-refractivity contribution in [3.63, 3.8) is 0 Å². The van der Waals surface area contributed by atoms with Crippen LogP contribution in [0.5, 0.6) is 0 Å². The molecule has 2 aromatic heterocycles. The van der Waals surface area contributed by atoms with Crippen molar-refractivity contribution >= 4 is 0 Å². The molecular weight excluding hydrogens is 252 g/mol. The van der Waals surface area contributed by atoms with E-state index in [1.54, 1.807) is 7.11 Å². The quantitative estimate of drug-likeness (QED) is 0.773. The second-order valence-electron chi connectivity index (χ2n) is 5.00. The molecule has 0 saturated carbocycles. The van der Waals surface area contributed by atoms with Gasteiger partial charge >= 0.3 is 0 Å². The zero-order valence-electron chi connectivity index (χ0n) is 12.4. The minimum absolute atomic E-state index is 0.705. The van der Waals surface area contributed by atoms with Crippen LogP contribution in [-0.4, -0.2) is 40.2 Å². The molecule has 0 bridgehead atoms. The highest BCUT2D eigenvalue weighted by atomic mass is 16.5. The van der Waals surface area contributed by atoms with E-state index in [9.17, 15) is 0 Å². The molecule has 0 unspecified atom stereocenters. The number of rotatable bonds is 7. The van der Waals surface area contributed by atoms with E-state index in [-0.39, 0.29) is 0 Å². The number of aromatic nitrogens is 3. The molecule has 0 amide bonds. The molecule has 2 rings (SSSR count). The molecule has 0 fully saturated rings. The van der Waals surface area contributed by atoms with E-state index in [0.717, 1.165) is 25.5 Å². The van der Waals surface area contributed by atoms with Gasteiger partial charge in [0.25, 0.3) is 0 Å². The van der Waals surface area contributed by atoms with Gasteiger partial charge in [0, 0.05) is 45.0 Å². The van der Waals surface area contributed by atoms with E-state index in [2.05, 4.69) is 39.5 Å². The van der Waals surface area contributed by atoms with Crippen molar-refractivity contribution in [1.29, 1.82) is 0 Å². The van der Waals surface area contributed by atoms with Gasteiger partial charge in [0.15, 0.2) is 0 Å². The van der Waals surface area contributed by atoms with Gasteiger partial charge in [0.1, 0.15) is 5.82 Å². The summed E-state index contributed by atoms with van der Waals surface area (Å²) in [5.74, 6) is 1.07. The summed E-state index contributed by atoms with van der Waals surface area (Å²) < 4.78 is 7.26. The Hall–Kier alpha value is -1.72. The Morgan fingerprint density at radius 3 is 2.90 bits per heavy atom. The lowest BCUT2D eigenvalue weighted by atomic mass is 10.1. The Kier molecular flexibility index (Phi) is 5.26. The lowest BCUT2D eigenvalue weighted by molar-refractivity contribution is 0.184. The fourth-order valence-electron chi connectivity index (χ4n) is 2.15. The van der Waals surface area contributed by atoms with Gasteiger partial charge in [0.2, 0.25) is 0 Å². The van der Waals surface area contributed by atoms with Crippen molar-refractivity contribution in [1.82, 2.24) is 19.4 Å². The topological polar surface area (TPSA) is 43.2 Å². The Morgan fingerprint density at radius 2 is 2.15 bits per heavy atom. The molecule has 0 aliphatic heterocycles. The smallest absolute Gasteiger partial charge is 0.122 e. The third-order valence-corrected chi connectivity index (χ3v) is 3.33. The number of pyridine rings is 1. The van der Waals surface area contributed by atoms with Gasteiger partial charge in [-0.15, -0.1) is 0 Å². The molecule has 0 saturated heterocycles. The van der Waals surface area contributed by atoms with Crippen molar-refractivity contribution in [3.05, 3.63) is 47.8 Å². The SMILES string of the molecule is COCCn1ccnc1CN(C)Cc1ccncc1C. The molecule has 0 aliphatic rings. The summed E-state index contributed by atoms with van der Waals surface area (Å²) in [4.78, 5) is 10.8. The largest absolute Gasteiger partial charge is 0.383 e. The first-order valence-electron chi connectivity index (χ1n) is 6.77.